The van der Waals surface area contributed by atoms with E-state index in [4.69, 9.17) is 17.4 Å². The average Bonchev–Trinajstić information content (AvgIpc) is 2.30. The maximum atomic E-state index is 6.05. The van der Waals surface area contributed by atoms with Crippen molar-refractivity contribution in [2.24, 2.45) is 11.8 Å². The highest BCUT2D eigenvalue weighted by atomic mass is 35.5. The molecule has 0 aliphatic heterocycles. The second kappa shape index (κ2) is 7.00. The minimum Gasteiger partial charge on any atom is -0.271 e. The first-order valence-corrected chi connectivity index (χ1v) is 6.68. The fourth-order valence-electron chi connectivity index (χ4n) is 2.28. The van der Waals surface area contributed by atoms with Crippen molar-refractivity contribution in [2.75, 3.05) is 0 Å². The van der Waals surface area contributed by atoms with Crippen molar-refractivity contribution in [3.05, 3.63) is 34.3 Å². The number of aryl methyl sites for hydroxylation is 1. The summed E-state index contributed by atoms with van der Waals surface area (Å²) in [6.07, 6.45) is 3.50. The summed E-state index contributed by atoms with van der Waals surface area (Å²) in [5, 5.41) is 0.772. The van der Waals surface area contributed by atoms with Crippen molar-refractivity contribution in [3.63, 3.8) is 0 Å². The van der Waals surface area contributed by atoms with Crippen molar-refractivity contribution >= 4 is 11.6 Å². The van der Waals surface area contributed by atoms with Crippen LogP contribution < -0.4 is 11.3 Å². The molecule has 0 aromatic heterocycles. The van der Waals surface area contributed by atoms with Crippen molar-refractivity contribution in [3.8, 4) is 0 Å². The van der Waals surface area contributed by atoms with Crippen LogP contribution in [0.15, 0.2) is 18.2 Å². The van der Waals surface area contributed by atoms with Gasteiger partial charge in [0.15, 0.2) is 0 Å². The van der Waals surface area contributed by atoms with Crippen LogP contribution in [0, 0.1) is 12.8 Å². The van der Waals surface area contributed by atoms with Crippen LogP contribution in [-0.2, 0) is 0 Å². The summed E-state index contributed by atoms with van der Waals surface area (Å²) in [5.41, 5.74) is 5.37. The SMILES string of the molecule is CCCC(C)CC(NN)c1cc(Cl)ccc1C. The average molecular weight is 255 g/mol. The summed E-state index contributed by atoms with van der Waals surface area (Å²) in [6.45, 7) is 6.58. The van der Waals surface area contributed by atoms with Gasteiger partial charge in [-0.3, -0.25) is 11.3 Å². The topological polar surface area (TPSA) is 38.0 Å². The van der Waals surface area contributed by atoms with Gasteiger partial charge in [-0.15, -0.1) is 0 Å². The van der Waals surface area contributed by atoms with Crippen molar-refractivity contribution in [1.29, 1.82) is 0 Å². The van der Waals surface area contributed by atoms with E-state index < -0.39 is 0 Å². The van der Waals surface area contributed by atoms with E-state index in [1.54, 1.807) is 0 Å². The molecule has 17 heavy (non-hydrogen) atoms. The molecule has 3 heteroatoms. The Kier molecular flexibility index (Phi) is 5.96. The third-order valence-corrected chi connectivity index (χ3v) is 3.47. The van der Waals surface area contributed by atoms with Crippen LogP contribution >= 0.6 is 11.6 Å². The number of benzene rings is 1. The van der Waals surface area contributed by atoms with Crippen molar-refractivity contribution in [1.82, 2.24) is 5.43 Å². The van der Waals surface area contributed by atoms with Crippen LogP contribution in [0.2, 0.25) is 5.02 Å². The monoisotopic (exact) mass is 254 g/mol. The molecule has 0 heterocycles. The van der Waals surface area contributed by atoms with Gasteiger partial charge in [0.05, 0.1) is 0 Å². The number of nitrogens with one attached hydrogen (secondary N) is 1. The molecule has 0 spiro atoms. The molecule has 2 atom stereocenters. The molecule has 2 nitrogen and oxygen atoms in total. The lowest BCUT2D eigenvalue weighted by atomic mass is 9.91. The quantitative estimate of drug-likeness (QED) is 0.595. The third kappa shape index (κ3) is 4.30. The van der Waals surface area contributed by atoms with Gasteiger partial charge in [-0.2, -0.15) is 0 Å². The molecule has 0 fully saturated rings. The number of hydrogen-bond acceptors (Lipinski definition) is 2. The minimum atomic E-state index is 0.190. The first-order valence-electron chi connectivity index (χ1n) is 6.30. The maximum absolute atomic E-state index is 6.05. The zero-order valence-electron chi connectivity index (χ0n) is 11.0. The van der Waals surface area contributed by atoms with Gasteiger partial charge in [-0.25, -0.2) is 0 Å². The Balaban J connectivity index is 2.82. The Labute approximate surface area is 110 Å². The van der Waals surface area contributed by atoms with Crippen LogP contribution in [0.5, 0.6) is 0 Å². The van der Waals surface area contributed by atoms with E-state index in [9.17, 15) is 0 Å². The molecule has 0 aliphatic rings. The van der Waals surface area contributed by atoms with E-state index in [0.29, 0.717) is 5.92 Å². The zero-order valence-corrected chi connectivity index (χ0v) is 11.7. The highest BCUT2D eigenvalue weighted by molar-refractivity contribution is 6.30. The van der Waals surface area contributed by atoms with Gasteiger partial charge in [0.25, 0.3) is 0 Å². The second-order valence-corrected chi connectivity index (χ2v) is 5.29. The molecule has 0 saturated carbocycles. The predicted octanol–water partition coefficient (Wildman–Crippen LogP) is 3.98. The summed E-state index contributed by atoms with van der Waals surface area (Å²) in [6, 6.07) is 6.17. The predicted molar refractivity (Wildman–Crippen MR) is 74.9 cm³/mol. The van der Waals surface area contributed by atoms with Gasteiger partial charge in [0.1, 0.15) is 0 Å². The molecule has 0 aliphatic carbocycles. The summed E-state index contributed by atoms with van der Waals surface area (Å²) in [5.74, 6) is 6.34. The number of hydrazine groups is 1. The largest absolute Gasteiger partial charge is 0.271 e. The number of nitrogens with two attached hydrogens (primary N) is 1. The van der Waals surface area contributed by atoms with Crippen LogP contribution in [-0.4, -0.2) is 0 Å². The molecule has 1 aromatic carbocycles. The summed E-state index contributed by atoms with van der Waals surface area (Å²) in [4.78, 5) is 0. The normalized spacial score (nSPS) is 14.6. The molecule has 1 rings (SSSR count). The minimum absolute atomic E-state index is 0.190. The number of rotatable bonds is 6. The van der Waals surface area contributed by atoms with Gasteiger partial charge < -0.3 is 0 Å². The zero-order chi connectivity index (χ0) is 12.8. The van der Waals surface area contributed by atoms with Gasteiger partial charge >= 0.3 is 0 Å². The van der Waals surface area contributed by atoms with Crippen molar-refractivity contribution in [2.45, 2.75) is 46.1 Å². The molecule has 0 saturated heterocycles. The van der Waals surface area contributed by atoms with E-state index in [1.165, 1.54) is 24.0 Å². The Morgan fingerprint density at radius 3 is 2.71 bits per heavy atom. The van der Waals surface area contributed by atoms with Gasteiger partial charge in [0, 0.05) is 11.1 Å². The molecule has 0 bridgehead atoms. The highest BCUT2D eigenvalue weighted by Gasteiger charge is 2.15. The van der Waals surface area contributed by atoms with Gasteiger partial charge in [-0.1, -0.05) is 44.4 Å². The number of hydrogen-bond donors (Lipinski definition) is 2. The van der Waals surface area contributed by atoms with E-state index in [-0.39, 0.29) is 6.04 Å². The highest BCUT2D eigenvalue weighted by Crippen LogP contribution is 2.27. The molecule has 3 N–H and O–H groups in total. The Morgan fingerprint density at radius 1 is 1.41 bits per heavy atom. The smallest absolute Gasteiger partial charge is 0.0465 e. The fourth-order valence-corrected chi connectivity index (χ4v) is 2.47. The van der Waals surface area contributed by atoms with E-state index >= 15 is 0 Å². The van der Waals surface area contributed by atoms with Gasteiger partial charge in [-0.05, 0) is 42.5 Å². The van der Waals surface area contributed by atoms with Crippen molar-refractivity contribution < 1.29 is 0 Å². The lowest BCUT2D eigenvalue weighted by molar-refractivity contribution is 0.394. The van der Waals surface area contributed by atoms with E-state index in [2.05, 4.69) is 26.2 Å². The lowest BCUT2D eigenvalue weighted by Crippen LogP contribution is -2.30. The fraction of sp³-hybridized carbons (Fsp3) is 0.571. The lowest BCUT2D eigenvalue weighted by Gasteiger charge is -2.22. The Morgan fingerprint density at radius 2 is 2.12 bits per heavy atom. The molecule has 2 unspecified atom stereocenters. The van der Waals surface area contributed by atoms with E-state index in [1.807, 2.05) is 18.2 Å². The Bertz CT molecular complexity index is 352. The molecular formula is C14H23ClN2. The molecular weight excluding hydrogens is 232 g/mol. The third-order valence-electron chi connectivity index (χ3n) is 3.24. The number of halogens is 1. The molecule has 1 aromatic rings. The summed E-state index contributed by atoms with van der Waals surface area (Å²) >= 11 is 6.05. The second-order valence-electron chi connectivity index (χ2n) is 4.85. The standard InChI is InChI=1S/C14H23ClN2/c1-4-5-10(2)8-14(17-16)13-9-12(15)7-6-11(13)3/h6-7,9-10,14,17H,4-5,8,16H2,1-3H3. The summed E-state index contributed by atoms with van der Waals surface area (Å²) in [7, 11) is 0. The van der Waals surface area contributed by atoms with Gasteiger partial charge in [0.2, 0.25) is 0 Å². The van der Waals surface area contributed by atoms with E-state index in [0.717, 1.165) is 11.4 Å². The Hall–Kier alpha value is -0.570. The molecule has 96 valence electrons. The van der Waals surface area contributed by atoms with Crippen LogP contribution in [0.1, 0.15) is 50.3 Å². The van der Waals surface area contributed by atoms with Crippen LogP contribution in [0.3, 0.4) is 0 Å². The maximum Gasteiger partial charge on any atom is 0.0465 e. The first-order chi connectivity index (χ1) is 8.08. The first kappa shape index (κ1) is 14.5. The molecule has 0 radical (unpaired) electrons. The summed E-state index contributed by atoms with van der Waals surface area (Å²) < 4.78 is 0. The van der Waals surface area contributed by atoms with Crippen LogP contribution in [0.4, 0.5) is 0 Å². The van der Waals surface area contributed by atoms with Crippen LogP contribution in [0.25, 0.3) is 0 Å². The molecule has 0 amide bonds.